The number of rotatable bonds is 9. The van der Waals surface area contributed by atoms with Gasteiger partial charge in [-0.1, -0.05) is 13.0 Å². The van der Waals surface area contributed by atoms with E-state index >= 15 is 0 Å². The molecule has 1 saturated heterocycles. The highest BCUT2D eigenvalue weighted by atomic mass is 32.1. The van der Waals surface area contributed by atoms with Crippen molar-refractivity contribution in [1.29, 1.82) is 0 Å². The van der Waals surface area contributed by atoms with Crippen molar-refractivity contribution in [2.75, 3.05) is 37.8 Å². The van der Waals surface area contributed by atoms with E-state index in [0.717, 1.165) is 36.7 Å². The number of aryl methyl sites for hydroxylation is 1. The van der Waals surface area contributed by atoms with Crippen molar-refractivity contribution in [2.45, 2.75) is 26.3 Å². The Bertz CT molecular complexity index is 987. The second-order valence-corrected chi connectivity index (χ2v) is 8.40. The molecule has 4 rings (SSSR count). The number of nitrogens with zero attached hydrogens (tertiary/aromatic N) is 5. The highest BCUT2D eigenvalue weighted by Gasteiger charge is 2.15. The van der Waals surface area contributed by atoms with Crippen LogP contribution in [0, 0.1) is 0 Å². The minimum absolute atomic E-state index is 0.366. The molecule has 3 aromatic rings. The average Bonchev–Trinajstić information content (AvgIpc) is 3.28. The van der Waals surface area contributed by atoms with Crippen LogP contribution in [0.4, 0.5) is 5.82 Å². The van der Waals surface area contributed by atoms with Gasteiger partial charge in [0.05, 0.1) is 32.1 Å². The van der Waals surface area contributed by atoms with Crippen molar-refractivity contribution in [1.82, 2.24) is 15.0 Å². The molecule has 31 heavy (non-hydrogen) atoms. The van der Waals surface area contributed by atoms with Crippen LogP contribution in [0.25, 0.3) is 0 Å². The zero-order chi connectivity index (χ0) is 21.3. The maximum Gasteiger partial charge on any atom is 0.318 e. The van der Waals surface area contributed by atoms with Gasteiger partial charge in [0.1, 0.15) is 5.82 Å². The highest BCUT2D eigenvalue weighted by Crippen LogP contribution is 2.19. The van der Waals surface area contributed by atoms with Gasteiger partial charge >= 0.3 is 6.01 Å². The summed E-state index contributed by atoms with van der Waals surface area (Å²) in [7, 11) is 0. The average molecular weight is 438 g/mol. The van der Waals surface area contributed by atoms with Gasteiger partial charge in [0.25, 0.3) is 0 Å². The van der Waals surface area contributed by atoms with Crippen LogP contribution in [0.15, 0.2) is 47.6 Å². The Kier molecular flexibility index (Phi) is 7.57. The summed E-state index contributed by atoms with van der Waals surface area (Å²) in [6.45, 7) is 6.28. The summed E-state index contributed by atoms with van der Waals surface area (Å²) in [5, 5.41) is 0. The van der Waals surface area contributed by atoms with Crippen LogP contribution in [-0.4, -0.2) is 54.1 Å². The SMILES string of the molecule is CCc1ccc(CN=Cc2cc(N3CCOCC3)nc(OCCc3ccccn3)n2)s1. The molecule has 1 aliphatic heterocycles. The molecule has 0 saturated carbocycles. The lowest BCUT2D eigenvalue weighted by Gasteiger charge is -2.28. The first-order valence-corrected chi connectivity index (χ1v) is 11.4. The second-order valence-electron chi connectivity index (χ2n) is 7.14. The molecule has 0 unspecified atom stereocenters. The van der Waals surface area contributed by atoms with E-state index in [1.54, 1.807) is 17.5 Å². The molecule has 1 aliphatic rings. The first-order chi connectivity index (χ1) is 15.3. The van der Waals surface area contributed by atoms with Gasteiger partial charge in [0.15, 0.2) is 0 Å². The van der Waals surface area contributed by atoms with E-state index in [1.807, 2.05) is 30.5 Å². The predicted molar refractivity (Wildman–Crippen MR) is 123 cm³/mol. The molecule has 1 fully saturated rings. The third-order valence-corrected chi connectivity index (χ3v) is 6.11. The van der Waals surface area contributed by atoms with Crippen molar-refractivity contribution in [3.05, 3.63) is 63.7 Å². The summed E-state index contributed by atoms with van der Waals surface area (Å²) in [6, 6.07) is 12.5. The van der Waals surface area contributed by atoms with Gasteiger partial charge in [0.2, 0.25) is 0 Å². The molecule has 162 valence electrons. The largest absolute Gasteiger partial charge is 0.463 e. The van der Waals surface area contributed by atoms with E-state index in [2.05, 4.69) is 43.9 Å². The maximum absolute atomic E-state index is 5.88. The minimum atomic E-state index is 0.366. The van der Waals surface area contributed by atoms with Crippen molar-refractivity contribution in [3.63, 3.8) is 0 Å². The number of ether oxygens (including phenoxy) is 2. The summed E-state index contributed by atoms with van der Waals surface area (Å²) in [5.74, 6) is 0.844. The number of hydrogen-bond donors (Lipinski definition) is 0. The van der Waals surface area contributed by atoms with Gasteiger partial charge in [-0.3, -0.25) is 9.98 Å². The number of thiophene rings is 1. The molecule has 0 N–H and O–H groups in total. The molecule has 4 heterocycles. The molecule has 8 heteroatoms. The lowest BCUT2D eigenvalue weighted by atomic mass is 10.3. The van der Waals surface area contributed by atoms with Crippen LogP contribution in [0.2, 0.25) is 0 Å². The maximum atomic E-state index is 5.88. The van der Waals surface area contributed by atoms with Crippen molar-refractivity contribution < 1.29 is 9.47 Å². The van der Waals surface area contributed by atoms with E-state index in [4.69, 9.17) is 9.47 Å². The Hall–Kier alpha value is -2.84. The predicted octanol–water partition coefficient (Wildman–Crippen LogP) is 3.57. The number of pyridine rings is 1. The molecular formula is C23H27N5O2S. The van der Waals surface area contributed by atoms with Gasteiger partial charge in [-0.2, -0.15) is 9.97 Å². The second kappa shape index (κ2) is 11.0. The summed E-state index contributed by atoms with van der Waals surface area (Å²) < 4.78 is 11.4. The molecule has 0 aromatic carbocycles. The molecule has 0 atom stereocenters. The van der Waals surface area contributed by atoms with Crippen LogP contribution in [0.5, 0.6) is 6.01 Å². The van der Waals surface area contributed by atoms with Crippen LogP contribution < -0.4 is 9.64 Å². The Morgan fingerprint density at radius 3 is 2.81 bits per heavy atom. The van der Waals surface area contributed by atoms with E-state index in [9.17, 15) is 0 Å². The first kappa shape index (κ1) is 21.4. The molecule has 0 amide bonds. The fraction of sp³-hybridized carbons (Fsp3) is 0.391. The number of anilines is 1. The Balaban J connectivity index is 1.46. The summed E-state index contributed by atoms with van der Waals surface area (Å²) in [5.41, 5.74) is 1.73. The summed E-state index contributed by atoms with van der Waals surface area (Å²) in [4.78, 5) is 22.9. The van der Waals surface area contributed by atoms with Crippen molar-refractivity contribution in [2.24, 2.45) is 4.99 Å². The molecule has 0 radical (unpaired) electrons. The van der Waals surface area contributed by atoms with Gasteiger partial charge < -0.3 is 14.4 Å². The lowest BCUT2D eigenvalue weighted by Crippen LogP contribution is -2.37. The van der Waals surface area contributed by atoms with Gasteiger partial charge in [-0.15, -0.1) is 11.3 Å². The zero-order valence-electron chi connectivity index (χ0n) is 17.7. The van der Waals surface area contributed by atoms with E-state index in [-0.39, 0.29) is 0 Å². The smallest absolute Gasteiger partial charge is 0.318 e. The molecule has 3 aromatic heterocycles. The van der Waals surface area contributed by atoms with Gasteiger partial charge in [-0.05, 0) is 30.7 Å². The topological polar surface area (TPSA) is 72.7 Å². The van der Waals surface area contributed by atoms with Crippen molar-refractivity contribution in [3.8, 4) is 6.01 Å². The van der Waals surface area contributed by atoms with E-state index in [1.165, 1.54) is 9.75 Å². The normalized spacial score (nSPS) is 14.3. The fourth-order valence-electron chi connectivity index (χ4n) is 3.23. The number of aromatic nitrogens is 3. The van der Waals surface area contributed by atoms with Crippen LogP contribution >= 0.6 is 11.3 Å². The molecule has 0 aliphatic carbocycles. The zero-order valence-corrected chi connectivity index (χ0v) is 18.6. The van der Waals surface area contributed by atoms with Gasteiger partial charge in [-0.25, -0.2) is 0 Å². The molecule has 0 bridgehead atoms. The van der Waals surface area contributed by atoms with Crippen molar-refractivity contribution >= 4 is 23.4 Å². The lowest BCUT2D eigenvalue weighted by molar-refractivity contribution is 0.122. The number of hydrogen-bond acceptors (Lipinski definition) is 8. The van der Waals surface area contributed by atoms with Crippen LogP contribution in [0.1, 0.15) is 28.1 Å². The van der Waals surface area contributed by atoms with Gasteiger partial charge in [0, 0.05) is 53.4 Å². The summed E-state index contributed by atoms with van der Waals surface area (Å²) in [6.07, 6.45) is 5.36. The Morgan fingerprint density at radius 1 is 1.16 bits per heavy atom. The number of aliphatic imine (C=N–C) groups is 1. The Morgan fingerprint density at radius 2 is 2.03 bits per heavy atom. The summed E-state index contributed by atoms with van der Waals surface area (Å²) >= 11 is 1.81. The quantitative estimate of drug-likeness (QED) is 0.477. The monoisotopic (exact) mass is 437 g/mol. The first-order valence-electron chi connectivity index (χ1n) is 10.6. The number of morpholine rings is 1. The molecular weight excluding hydrogens is 410 g/mol. The van der Waals surface area contributed by atoms with Crippen LogP contribution in [0.3, 0.4) is 0 Å². The standard InChI is InChI=1S/C23H27N5O2S/c1-2-20-6-7-21(31-20)17-24-16-19-15-22(28-10-13-29-14-11-28)27-23(26-19)30-12-8-18-5-3-4-9-25-18/h3-7,9,15-16H,2,8,10-14,17H2,1H3. The highest BCUT2D eigenvalue weighted by molar-refractivity contribution is 7.11. The third-order valence-electron chi connectivity index (χ3n) is 4.90. The van der Waals surface area contributed by atoms with E-state index in [0.29, 0.717) is 38.8 Å². The third kappa shape index (κ3) is 6.32. The van der Waals surface area contributed by atoms with Crippen LogP contribution in [-0.2, 0) is 24.1 Å². The minimum Gasteiger partial charge on any atom is -0.463 e. The molecule has 0 spiro atoms. The molecule has 7 nitrogen and oxygen atoms in total. The van der Waals surface area contributed by atoms with E-state index < -0.39 is 0 Å². The fourth-order valence-corrected chi connectivity index (χ4v) is 4.13. The Labute approximate surface area is 186 Å².